The Morgan fingerprint density at radius 2 is 2.44 bits per heavy atom. The molecule has 1 fully saturated rings. The van der Waals surface area contributed by atoms with Gasteiger partial charge in [-0.25, -0.2) is 0 Å². The summed E-state index contributed by atoms with van der Waals surface area (Å²) < 4.78 is 2.71. The van der Waals surface area contributed by atoms with Gasteiger partial charge >= 0.3 is 0 Å². The van der Waals surface area contributed by atoms with Gasteiger partial charge in [-0.1, -0.05) is 0 Å². The van der Waals surface area contributed by atoms with Gasteiger partial charge in [-0.2, -0.15) is 0 Å². The number of amides is 1. The minimum Gasteiger partial charge on any atom is -0.394 e. The molecule has 88 valence electrons. The molecule has 1 amide bonds. The first kappa shape index (κ1) is 11.7. The zero-order valence-electron chi connectivity index (χ0n) is 9.19. The minimum absolute atomic E-state index is 0.00440. The molecule has 4 nitrogen and oxygen atoms in total. The van der Waals surface area contributed by atoms with Crippen molar-refractivity contribution in [2.45, 2.75) is 18.9 Å². The third-order valence-electron chi connectivity index (χ3n) is 3.04. The van der Waals surface area contributed by atoms with Gasteiger partial charge in [0.1, 0.15) is 5.69 Å². The van der Waals surface area contributed by atoms with Crippen LogP contribution in [0.2, 0.25) is 0 Å². The van der Waals surface area contributed by atoms with Gasteiger partial charge in [0.25, 0.3) is 5.91 Å². The molecule has 1 unspecified atom stereocenters. The second kappa shape index (κ2) is 4.59. The number of nitrogens with zero attached hydrogens (tertiary/aromatic N) is 2. The number of carbonyl (C=O) groups is 1. The molecule has 1 aromatic rings. The van der Waals surface area contributed by atoms with E-state index in [0.717, 1.165) is 23.9 Å². The fourth-order valence-corrected chi connectivity index (χ4v) is 2.70. The monoisotopic (exact) mass is 286 g/mol. The van der Waals surface area contributed by atoms with E-state index in [1.54, 1.807) is 9.47 Å². The summed E-state index contributed by atoms with van der Waals surface area (Å²) in [6.45, 7) is 0.796. The summed E-state index contributed by atoms with van der Waals surface area (Å²) in [6, 6.07) is 1.80. The summed E-state index contributed by atoms with van der Waals surface area (Å²) in [4.78, 5) is 14.0. The minimum atomic E-state index is -0.0128. The molecule has 1 N–H and O–H groups in total. The Morgan fingerprint density at radius 3 is 3.00 bits per heavy atom. The molecule has 1 aromatic heterocycles. The first-order valence-corrected chi connectivity index (χ1v) is 6.16. The second-order valence-electron chi connectivity index (χ2n) is 4.13. The highest BCUT2D eigenvalue weighted by Gasteiger charge is 2.29. The van der Waals surface area contributed by atoms with E-state index >= 15 is 0 Å². The molecule has 1 aliphatic heterocycles. The summed E-state index contributed by atoms with van der Waals surface area (Å²) in [5, 5.41) is 9.20. The van der Waals surface area contributed by atoms with Crippen LogP contribution < -0.4 is 0 Å². The van der Waals surface area contributed by atoms with Gasteiger partial charge < -0.3 is 14.6 Å². The molecule has 1 saturated heterocycles. The predicted octanol–water partition coefficient (Wildman–Crippen LogP) is 1.38. The Kier molecular flexibility index (Phi) is 3.35. The van der Waals surface area contributed by atoms with Crippen molar-refractivity contribution in [3.8, 4) is 0 Å². The Bertz CT molecular complexity index is 403. The van der Waals surface area contributed by atoms with Gasteiger partial charge in [0.15, 0.2) is 0 Å². The Balaban J connectivity index is 2.21. The summed E-state index contributed by atoms with van der Waals surface area (Å²) in [6.07, 6.45) is 3.73. The number of hydrogen-bond donors (Lipinski definition) is 1. The smallest absolute Gasteiger partial charge is 0.270 e. The molecule has 0 radical (unpaired) electrons. The van der Waals surface area contributed by atoms with Gasteiger partial charge in [0.2, 0.25) is 0 Å². The van der Waals surface area contributed by atoms with Crippen LogP contribution in [0, 0.1) is 0 Å². The lowest BCUT2D eigenvalue weighted by molar-refractivity contribution is 0.0668. The molecule has 0 spiro atoms. The first-order chi connectivity index (χ1) is 7.63. The van der Waals surface area contributed by atoms with Crippen molar-refractivity contribution >= 4 is 21.8 Å². The molecule has 1 aliphatic rings. The van der Waals surface area contributed by atoms with Crippen LogP contribution in [0.1, 0.15) is 23.3 Å². The molecular weight excluding hydrogens is 272 g/mol. The van der Waals surface area contributed by atoms with Crippen LogP contribution >= 0.6 is 15.9 Å². The van der Waals surface area contributed by atoms with Crippen molar-refractivity contribution in [2.75, 3.05) is 13.2 Å². The van der Waals surface area contributed by atoms with Gasteiger partial charge in [0, 0.05) is 24.3 Å². The molecule has 1 atom stereocenters. The number of halogens is 1. The zero-order valence-corrected chi connectivity index (χ0v) is 10.8. The van der Waals surface area contributed by atoms with Gasteiger partial charge in [-0.3, -0.25) is 4.79 Å². The summed E-state index contributed by atoms with van der Waals surface area (Å²) in [5.74, 6) is 0.00440. The van der Waals surface area contributed by atoms with Gasteiger partial charge in [-0.05, 0) is 34.8 Å². The number of aliphatic hydroxyl groups excluding tert-OH is 1. The van der Waals surface area contributed by atoms with Crippen molar-refractivity contribution < 1.29 is 9.90 Å². The van der Waals surface area contributed by atoms with E-state index in [2.05, 4.69) is 15.9 Å². The zero-order chi connectivity index (χ0) is 11.7. The lowest BCUT2D eigenvalue weighted by Crippen LogP contribution is -2.38. The number of aliphatic hydroxyl groups is 1. The molecule has 2 heterocycles. The molecule has 0 aromatic carbocycles. The van der Waals surface area contributed by atoms with Crippen LogP contribution in [0.15, 0.2) is 16.7 Å². The standard InChI is InChI=1S/C11H15BrN2O2/c1-13-6-8(12)5-10(13)11(16)14-4-2-3-9(14)7-15/h5-6,9,15H,2-4,7H2,1H3. The van der Waals surface area contributed by atoms with Crippen LogP contribution in [0.3, 0.4) is 0 Å². The third-order valence-corrected chi connectivity index (χ3v) is 3.47. The number of aromatic nitrogens is 1. The van der Waals surface area contributed by atoms with E-state index in [9.17, 15) is 9.90 Å². The summed E-state index contributed by atoms with van der Waals surface area (Å²) in [7, 11) is 1.85. The van der Waals surface area contributed by atoms with Crippen molar-refractivity contribution in [1.82, 2.24) is 9.47 Å². The molecule has 16 heavy (non-hydrogen) atoms. The fraction of sp³-hybridized carbons (Fsp3) is 0.545. The summed E-state index contributed by atoms with van der Waals surface area (Å²) >= 11 is 3.35. The van der Waals surface area contributed by atoms with Crippen LogP contribution in [0.25, 0.3) is 0 Å². The van der Waals surface area contributed by atoms with Gasteiger partial charge in [0.05, 0.1) is 12.6 Å². The number of hydrogen-bond acceptors (Lipinski definition) is 2. The SMILES string of the molecule is Cn1cc(Br)cc1C(=O)N1CCCC1CO. The highest BCUT2D eigenvalue weighted by molar-refractivity contribution is 9.10. The van der Waals surface area contributed by atoms with Crippen LogP contribution in [-0.2, 0) is 7.05 Å². The molecule has 0 saturated carbocycles. The maximum absolute atomic E-state index is 12.2. The van der Waals surface area contributed by atoms with E-state index in [4.69, 9.17) is 0 Å². The maximum atomic E-state index is 12.2. The normalized spacial score (nSPS) is 20.4. The Morgan fingerprint density at radius 1 is 1.69 bits per heavy atom. The van der Waals surface area contributed by atoms with Crippen LogP contribution in [-0.4, -0.2) is 39.7 Å². The predicted molar refractivity (Wildman–Crippen MR) is 64.3 cm³/mol. The fourth-order valence-electron chi connectivity index (χ4n) is 2.18. The number of rotatable bonds is 2. The average molecular weight is 287 g/mol. The highest BCUT2D eigenvalue weighted by Crippen LogP contribution is 2.21. The largest absolute Gasteiger partial charge is 0.394 e. The van der Waals surface area contributed by atoms with E-state index in [-0.39, 0.29) is 18.6 Å². The maximum Gasteiger partial charge on any atom is 0.270 e. The molecule has 2 rings (SSSR count). The van der Waals surface area contributed by atoms with Crippen molar-refractivity contribution in [2.24, 2.45) is 7.05 Å². The lowest BCUT2D eigenvalue weighted by atomic mass is 10.2. The van der Waals surface area contributed by atoms with E-state index in [1.807, 2.05) is 19.3 Å². The Hall–Kier alpha value is -0.810. The van der Waals surface area contributed by atoms with Crippen molar-refractivity contribution in [1.29, 1.82) is 0 Å². The average Bonchev–Trinajstić information content (AvgIpc) is 2.83. The molecular formula is C11H15BrN2O2. The van der Waals surface area contributed by atoms with Crippen LogP contribution in [0.4, 0.5) is 0 Å². The number of aryl methyl sites for hydroxylation is 1. The molecule has 0 aliphatic carbocycles. The number of likely N-dealkylation sites (tertiary alicyclic amines) is 1. The van der Waals surface area contributed by atoms with Gasteiger partial charge in [-0.15, -0.1) is 0 Å². The lowest BCUT2D eigenvalue weighted by Gasteiger charge is -2.23. The topological polar surface area (TPSA) is 45.5 Å². The quantitative estimate of drug-likeness (QED) is 0.893. The van der Waals surface area contributed by atoms with Crippen LogP contribution in [0.5, 0.6) is 0 Å². The first-order valence-electron chi connectivity index (χ1n) is 5.37. The van der Waals surface area contributed by atoms with E-state index in [1.165, 1.54) is 0 Å². The molecule has 0 bridgehead atoms. The third kappa shape index (κ3) is 2.01. The Labute approximate surface area is 103 Å². The number of carbonyl (C=O) groups excluding carboxylic acids is 1. The second-order valence-corrected chi connectivity index (χ2v) is 5.05. The summed E-state index contributed by atoms with van der Waals surface area (Å²) in [5.41, 5.74) is 0.659. The van der Waals surface area contributed by atoms with Crippen molar-refractivity contribution in [3.63, 3.8) is 0 Å². The highest BCUT2D eigenvalue weighted by atomic mass is 79.9. The van der Waals surface area contributed by atoms with E-state index in [0.29, 0.717) is 5.69 Å². The molecule has 5 heteroatoms. The van der Waals surface area contributed by atoms with E-state index < -0.39 is 0 Å². The van der Waals surface area contributed by atoms with Crippen molar-refractivity contribution in [3.05, 3.63) is 22.4 Å².